The van der Waals surface area contributed by atoms with Crippen LogP contribution in [0.1, 0.15) is 13.8 Å². The first-order valence-corrected chi connectivity index (χ1v) is 11.3. The van der Waals surface area contributed by atoms with Gasteiger partial charge in [-0.2, -0.15) is 0 Å². The lowest BCUT2D eigenvalue weighted by molar-refractivity contribution is 1.35. The van der Waals surface area contributed by atoms with Gasteiger partial charge in [-0.3, -0.25) is 20.1 Å². The molecule has 0 aromatic heterocycles. The van der Waals surface area contributed by atoms with Gasteiger partial charge in [0.2, 0.25) is 0 Å². The molecule has 0 aromatic rings. The molecule has 0 saturated carbocycles. The molecular weight excluding hydrogens is 197 g/mol. The van der Waals surface area contributed by atoms with Gasteiger partial charge in [0.05, 0.1) is 0 Å². The average Bonchev–Trinajstić information content (AvgIpc) is 1.85. The second kappa shape index (κ2) is 10.6. The highest BCUT2D eigenvalue weighted by Crippen LogP contribution is 2.00. The Morgan fingerprint density at radius 3 is 1.20 bits per heavy atom. The predicted octanol–water partition coefficient (Wildman–Crippen LogP) is 3.73. The molecule has 0 aliphatic heterocycles. The normalized spacial score (nSPS) is 7.80. The number of halogens is 2. The van der Waals surface area contributed by atoms with Gasteiger partial charge in [-0.1, -0.05) is 36.0 Å². The molecule has 4 heteroatoms. The minimum Gasteiger partial charge on any atom is -0.262 e. The molecule has 0 atom stereocenters. The van der Waals surface area contributed by atoms with Crippen LogP contribution in [0.15, 0.2) is 0 Å². The van der Waals surface area contributed by atoms with Crippen LogP contribution in [-0.4, -0.2) is 26.5 Å². The van der Waals surface area contributed by atoms with Crippen molar-refractivity contribution in [2.75, 3.05) is 0 Å². The van der Waals surface area contributed by atoms with Crippen molar-refractivity contribution in [2.24, 2.45) is 0 Å². The third-order valence-electron chi connectivity index (χ3n) is 0.886. The monoisotopic (exact) mass is 212 g/mol. The molecule has 60 valence electrons. The van der Waals surface area contributed by atoms with Crippen LogP contribution >= 0.6 is 20.1 Å². The van der Waals surface area contributed by atoms with Crippen LogP contribution in [-0.2, 0) is 0 Å². The summed E-state index contributed by atoms with van der Waals surface area (Å²) < 4.78 is 0. The molecular formula is C6H16Al2Cl2. The van der Waals surface area contributed by atoms with E-state index in [1.807, 2.05) is 0 Å². The van der Waals surface area contributed by atoms with E-state index in [0.717, 1.165) is 0 Å². The fourth-order valence-electron chi connectivity index (χ4n) is 0.289. The topological polar surface area (TPSA) is 0 Å². The van der Waals surface area contributed by atoms with Gasteiger partial charge >= 0.3 is 26.5 Å². The van der Waals surface area contributed by atoms with E-state index in [1.54, 1.807) is 0 Å². The summed E-state index contributed by atoms with van der Waals surface area (Å²) in [5, 5.41) is 2.47. The first kappa shape index (κ1) is 14.2. The predicted molar refractivity (Wildman–Crippen MR) is 55.9 cm³/mol. The molecule has 0 saturated heterocycles. The minimum atomic E-state index is -0.688. The van der Waals surface area contributed by atoms with Crippen LogP contribution in [0.3, 0.4) is 0 Å². The molecule has 0 heterocycles. The van der Waals surface area contributed by atoms with Crippen molar-refractivity contribution in [3.63, 3.8) is 0 Å². The van der Waals surface area contributed by atoms with Crippen LogP contribution in [0.25, 0.3) is 0 Å². The average molecular weight is 213 g/mol. The Kier molecular flexibility index (Phi) is 15.1. The van der Waals surface area contributed by atoms with Gasteiger partial charge in [0, 0.05) is 0 Å². The van der Waals surface area contributed by atoms with Gasteiger partial charge in [0.15, 0.2) is 0 Å². The van der Waals surface area contributed by atoms with Gasteiger partial charge in [-0.25, -0.2) is 0 Å². The zero-order valence-electron chi connectivity index (χ0n) is 7.32. The molecule has 0 aromatic carbocycles. The van der Waals surface area contributed by atoms with Crippen molar-refractivity contribution in [1.29, 1.82) is 0 Å². The fraction of sp³-hybridized carbons (Fsp3) is 1.00. The highest BCUT2D eigenvalue weighted by Gasteiger charge is 2.04. The van der Waals surface area contributed by atoms with E-state index < -0.39 is 26.5 Å². The third-order valence-corrected chi connectivity index (χ3v) is 4.51. The summed E-state index contributed by atoms with van der Waals surface area (Å²) in [5.41, 5.74) is 0. The van der Waals surface area contributed by atoms with Crippen LogP contribution < -0.4 is 0 Å². The van der Waals surface area contributed by atoms with Crippen molar-refractivity contribution in [3.8, 4) is 0 Å². The van der Waals surface area contributed by atoms with Gasteiger partial charge in [0.1, 0.15) is 0 Å². The van der Waals surface area contributed by atoms with E-state index in [-0.39, 0.29) is 0 Å². The Hall–Kier alpha value is 1.64. The smallest absolute Gasteiger partial charge is 0.262 e. The molecule has 0 fully saturated rings. The fourth-order valence-corrected chi connectivity index (χ4v) is 0.866. The lowest BCUT2D eigenvalue weighted by Crippen LogP contribution is -1.95. The Balaban J connectivity index is 0. The molecule has 0 spiro atoms. The molecule has 0 N–H and O–H groups in total. The lowest BCUT2D eigenvalue weighted by atomic mass is 10.9. The molecule has 10 heavy (non-hydrogen) atoms. The molecule has 0 nitrogen and oxygen atoms in total. The van der Waals surface area contributed by atoms with Crippen LogP contribution in [0.4, 0.5) is 0 Å². The summed E-state index contributed by atoms with van der Waals surface area (Å²) in [7, 11) is 11.2. The molecule has 0 aliphatic carbocycles. The second-order valence-corrected chi connectivity index (χ2v) is 11.8. The lowest BCUT2D eigenvalue weighted by Gasteiger charge is -1.86. The van der Waals surface area contributed by atoms with Crippen LogP contribution in [0.5, 0.6) is 0 Å². The van der Waals surface area contributed by atoms with E-state index in [2.05, 4.69) is 25.4 Å². The van der Waals surface area contributed by atoms with Gasteiger partial charge < -0.3 is 0 Å². The Bertz CT molecular complexity index is 53.0. The number of hydrogen-bond donors (Lipinski definition) is 0. The maximum Gasteiger partial charge on any atom is 0.399 e. The summed E-state index contributed by atoms with van der Waals surface area (Å²) in [6.07, 6.45) is 0. The zero-order valence-corrected chi connectivity index (χ0v) is 11.1. The largest absolute Gasteiger partial charge is 0.399 e. The van der Waals surface area contributed by atoms with Crippen molar-refractivity contribution < 1.29 is 0 Å². The Labute approximate surface area is 82.1 Å². The Morgan fingerprint density at radius 1 is 1.00 bits per heavy atom. The van der Waals surface area contributed by atoms with Crippen LogP contribution in [0, 0.1) is 0 Å². The summed E-state index contributed by atoms with van der Waals surface area (Å²) in [6.45, 7) is 4.32. The van der Waals surface area contributed by atoms with E-state index in [9.17, 15) is 0 Å². The zero-order chi connectivity index (χ0) is 8.57. The molecule has 0 unspecified atom stereocenters. The van der Waals surface area contributed by atoms with Crippen molar-refractivity contribution in [3.05, 3.63) is 0 Å². The summed E-state index contributed by atoms with van der Waals surface area (Å²) >= 11 is -1.35. The van der Waals surface area contributed by atoms with E-state index in [1.165, 1.54) is 10.6 Å². The number of hydrogen-bond acceptors (Lipinski definition) is 0. The third kappa shape index (κ3) is 22.6. The second-order valence-electron chi connectivity index (χ2n) is 2.43. The van der Waals surface area contributed by atoms with E-state index in [0.29, 0.717) is 0 Å². The van der Waals surface area contributed by atoms with Gasteiger partial charge in [-0.05, 0) is 0 Å². The van der Waals surface area contributed by atoms with Crippen LogP contribution in [0.2, 0.25) is 22.1 Å². The molecule has 0 amide bonds. The summed E-state index contributed by atoms with van der Waals surface area (Å²) in [6, 6.07) is 0. The first-order valence-electron chi connectivity index (χ1n) is 3.82. The molecule has 0 bridgehead atoms. The van der Waals surface area contributed by atoms with E-state index in [4.69, 9.17) is 20.1 Å². The molecule has 0 rings (SSSR count). The van der Waals surface area contributed by atoms with Gasteiger partial charge in [0.25, 0.3) is 0 Å². The number of rotatable bonds is 2. The SMILES string of the molecule is C[CH2][Al]([Cl])[CH2]C.[CH3][Al]([CH3])[Cl]. The van der Waals surface area contributed by atoms with Crippen molar-refractivity contribution in [1.82, 2.24) is 0 Å². The molecule has 0 radical (unpaired) electrons. The quantitative estimate of drug-likeness (QED) is 0.613. The summed E-state index contributed by atoms with van der Waals surface area (Å²) in [5.74, 6) is 4.14. The molecule has 0 aliphatic rings. The maximum absolute atomic E-state index is 5.79. The maximum atomic E-state index is 5.79. The standard InChI is InChI=1S/2C2H5.2CH3.2Al.2ClH/c2*1-2;;;;;;/h2*1H2,2H3;2*1H3;;;2*1H/q;;;;2*+1;;/p-2. The summed E-state index contributed by atoms with van der Waals surface area (Å²) in [4.78, 5) is 0. The highest BCUT2D eigenvalue weighted by molar-refractivity contribution is 7.06. The van der Waals surface area contributed by atoms with Gasteiger partial charge in [-0.15, -0.1) is 0 Å². The van der Waals surface area contributed by atoms with Crippen molar-refractivity contribution in [2.45, 2.75) is 36.0 Å². The Morgan fingerprint density at radius 2 is 1.20 bits per heavy atom. The first-order chi connectivity index (χ1) is 4.54. The minimum absolute atomic E-state index is 0.667. The highest BCUT2D eigenvalue weighted by atomic mass is 35.6. The van der Waals surface area contributed by atoms with E-state index >= 15 is 0 Å². The van der Waals surface area contributed by atoms with Crippen molar-refractivity contribution >= 4 is 46.6 Å².